The summed E-state index contributed by atoms with van der Waals surface area (Å²) in [6, 6.07) is 4.14. The molecule has 4 aromatic rings. The zero-order valence-electron chi connectivity index (χ0n) is 29.4. The van der Waals surface area contributed by atoms with Crippen LogP contribution in [0.25, 0.3) is 27.9 Å². The maximum atomic E-state index is 12.6. The first kappa shape index (κ1) is 12.7. The minimum absolute atomic E-state index is 0.0665. The number of hydrogen-bond acceptors (Lipinski definition) is 9. The Morgan fingerprint density at radius 2 is 2.17 bits per heavy atom. The number of aromatic nitrogens is 6. The van der Waals surface area contributed by atoms with Crippen LogP contribution in [0.5, 0.6) is 0 Å². The lowest BCUT2D eigenvalue weighted by Crippen LogP contribution is -2.36. The summed E-state index contributed by atoms with van der Waals surface area (Å²) in [5, 5.41) is 18.6. The Morgan fingerprint density at radius 1 is 1.31 bits per heavy atom. The zero-order valence-corrected chi connectivity index (χ0v) is 18.4. The molecule has 1 aliphatic carbocycles. The van der Waals surface area contributed by atoms with Gasteiger partial charge in [0, 0.05) is 46.7 Å². The average molecular weight is 485 g/mol. The molecule has 11 nitrogen and oxygen atoms in total. The molecule has 5 heterocycles. The van der Waals surface area contributed by atoms with E-state index in [9.17, 15) is 4.79 Å². The zero-order chi connectivity index (χ0) is 33.6. The molecule has 0 spiro atoms. The van der Waals surface area contributed by atoms with Crippen LogP contribution in [0.15, 0.2) is 30.6 Å². The smallest absolute Gasteiger partial charge is 0.228 e. The molecule has 2 atom stereocenters. The molecule has 11 heteroatoms. The van der Waals surface area contributed by atoms with E-state index in [1.54, 1.807) is 0 Å². The number of carbonyl (C=O) groups is 1. The standard InChI is InChI=1S/C24H27N9O2/c1-3-25-23-21-17(11-19(29-30-21)27-24(34)16-10-14(16)2)18(12-26-23)22-28-20-5-4-15(13-33(20)31-22)32-6-8-35-9-7-32/h4-5,11-14,16H,3,6-10H2,1-2H3,(H,25,26)(H,27,29,34)/t14-,16+/m1/s1/i1D3,6D2,7D2,8D2,9D2. The summed E-state index contributed by atoms with van der Waals surface area (Å²) in [6.45, 7) is -13.6. The maximum Gasteiger partial charge on any atom is 0.228 e. The molecule has 2 N–H and O–H groups in total. The van der Waals surface area contributed by atoms with E-state index in [4.69, 9.17) is 15.1 Å². The summed E-state index contributed by atoms with van der Waals surface area (Å²) in [4.78, 5) is 21.7. The predicted molar refractivity (Wildman–Crippen MR) is 132 cm³/mol. The molecule has 0 unspecified atom stereocenters. The lowest BCUT2D eigenvalue weighted by atomic mass is 10.1. The Hall–Kier alpha value is -3.86. The number of fused-ring (bicyclic) bond motifs is 2. The highest BCUT2D eigenvalue weighted by atomic mass is 16.5. The number of carbonyl (C=O) groups excluding carboxylic acids is 1. The average Bonchev–Trinajstić information content (AvgIpc) is 3.52. The topological polar surface area (TPSA) is 122 Å². The van der Waals surface area contributed by atoms with Crippen molar-refractivity contribution in [2.45, 2.75) is 20.2 Å². The highest BCUT2D eigenvalue weighted by Gasteiger charge is 2.39. The molecule has 0 radical (unpaired) electrons. The lowest BCUT2D eigenvalue weighted by molar-refractivity contribution is -0.117. The Balaban J connectivity index is 1.44. The Labute approximate surface area is 217 Å². The third kappa shape index (κ3) is 4.12. The van der Waals surface area contributed by atoms with Crippen molar-refractivity contribution in [2.24, 2.45) is 11.8 Å². The fraction of sp³-hybridized carbons (Fsp3) is 0.417. The first-order valence-corrected chi connectivity index (χ1v) is 10.8. The Morgan fingerprint density at radius 3 is 2.97 bits per heavy atom. The fourth-order valence-electron chi connectivity index (χ4n) is 3.83. The minimum atomic E-state index is -3.24. The van der Waals surface area contributed by atoms with Crippen molar-refractivity contribution in [3.63, 3.8) is 0 Å². The van der Waals surface area contributed by atoms with Gasteiger partial charge in [0.25, 0.3) is 0 Å². The Kier molecular flexibility index (Phi) is 3.18. The second-order valence-electron chi connectivity index (χ2n) is 8.17. The van der Waals surface area contributed by atoms with Gasteiger partial charge in [-0.15, -0.1) is 15.3 Å². The van der Waals surface area contributed by atoms with Crippen molar-refractivity contribution < 1.29 is 24.6 Å². The number of hydrogen-bond donors (Lipinski definition) is 2. The van der Waals surface area contributed by atoms with Crippen LogP contribution in [0.4, 0.5) is 17.3 Å². The summed E-state index contributed by atoms with van der Waals surface area (Å²) in [5.41, 5.74) is 0.412. The molecule has 1 amide bonds. The van der Waals surface area contributed by atoms with Gasteiger partial charge in [-0.25, -0.2) is 14.5 Å². The number of pyridine rings is 2. The quantitative estimate of drug-likeness (QED) is 0.425. The van der Waals surface area contributed by atoms with Crippen molar-refractivity contribution in [3.8, 4) is 11.4 Å². The van der Waals surface area contributed by atoms with Crippen LogP contribution in [0.2, 0.25) is 0 Å². The van der Waals surface area contributed by atoms with E-state index in [0.29, 0.717) is 15.8 Å². The predicted octanol–water partition coefficient (Wildman–Crippen LogP) is 2.60. The van der Waals surface area contributed by atoms with Gasteiger partial charge >= 0.3 is 0 Å². The molecule has 1 saturated heterocycles. The van der Waals surface area contributed by atoms with Crippen LogP contribution < -0.4 is 15.5 Å². The minimum Gasteiger partial charge on any atom is -0.378 e. The van der Waals surface area contributed by atoms with E-state index in [2.05, 4.69) is 40.6 Å². The van der Waals surface area contributed by atoms with Gasteiger partial charge < -0.3 is 20.3 Å². The van der Waals surface area contributed by atoms with Gasteiger partial charge in [0.1, 0.15) is 5.52 Å². The van der Waals surface area contributed by atoms with Gasteiger partial charge in [-0.05, 0) is 37.4 Å². The number of amides is 1. The molecule has 2 aliphatic rings. The van der Waals surface area contributed by atoms with E-state index in [0.717, 1.165) is 6.42 Å². The maximum absolute atomic E-state index is 12.6. The number of nitrogens with zero attached hydrogens (tertiary/aromatic N) is 7. The largest absolute Gasteiger partial charge is 0.378 e. The van der Waals surface area contributed by atoms with E-state index in [1.807, 2.05) is 6.92 Å². The van der Waals surface area contributed by atoms with Crippen molar-refractivity contribution in [2.75, 3.05) is 48.2 Å². The number of ether oxygens (including phenoxy) is 1. The first-order valence-electron chi connectivity index (χ1n) is 16.3. The number of anilines is 3. The van der Waals surface area contributed by atoms with Crippen LogP contribution >= 0.6 is 0 Å². The van der Waals surface area contributed by atoms with E-state index in [1.165, 1.54) is 35.1 Å². The number of nitrogens with one attached hydrogen (secondary N) is 2. The van der Waals surface area contributed by atoms with Crippen molar-refractivity contribution >= 4 is 39.8 Å². The molecule has 0 aromatic carbocycles. The van der Waals surface area contributed by atoms with Gasteiger partial charge in [-0.2, -0.15) is 0 Å². The second kappa shape index (κ2) is 8.73. The highest BCUT2D eigenvalue weighted by molar-refractivity contribution is 6.01. The van der Waals surface area contributed by atoms with E-state index < -0.39 is 39.5 Å². The summed E-state index contributed by atoms with van der Waals surface area (Å²) < 4.78 is 93.6. The monoisotopic (exact) mass is 484 g/mol. The molecule has 2 fully saturated rings. The van der Waals surface area contributed by atoms with Crippen LogP contribution in [-0.4, -0.2) is 68.3 Å². The lowest BCUT2D eigenvalue weighted by Gasteiger charge is -2.28. The molecule has 1 aliphatic heterocycles. The molecule has 180 valence electrons. The summed E-state index contributed by atoms with van der Waals surface area (Å²) in [6.07, 6.45) is 3.29. The van der Waals surface area contributed by atoms with Crippen molar-refractivity contribution in [3.05, 3.63) is 30.6 Å². The Bertz CT molecular complexity index is 1840. The van der Waals surface area contributed by atoms with Crippen LogP contribution in [0.3, 0.4) is 0 Å². The van der Waals surface area contributed by atoms with Gasteiger partial charge in [0.2, 0.25) is 5.91 Å². The summed E-state index contributed by atoms with van der Waals surface area (Å²) in [5.74, 6) is 0.203. The van der Waals surface area contributed by atoms with Crippen LogP contribution in [0.1, 0.15) is 35.3 Å². The van der Waals surface area contributed by atoms with E-state index in [-0.39, 0.29) is 52.1 Å². The van der Waals surface area contributed by atoms with Gasteiger partial charge in [-0.1, -0.05) is 6.92 Å². The van der Waals surface area contributed by atoms with Crippen molar-refractivity contribution in [1.29, 1.82) is 0 Å². The molecule has 0 bridgehead atoms. The van der Waals surface area contributed by atoms with Crippen molar-refractivity contribution in [1.82, 2.24) is 29.8 Å². The summed E-state index contributed by atoms with van der Waals surface area (Å²) in [7, 11) is 0. The molecule has 6 rings (SSSR count). The molecule has 35 heavy (non-hydrogen) atoms. The SMILES string of the molecule is [2H]C([2H])([2H])CNc1ncc(-c2nc3ccc(N4C([2H])([2H])C([2H])([2H])OC([2H])([2H])C4([2H])[2H])cn3n2)c2cc(NC(=O)[C@H]3C[C@H]3C)nnc12. The van der Waals surface area contributed by atoms with Gasteiger partial charge in [0.15, 0.2) is 23.1 Å². The number of rotatable bonds is 6. The highest BCUT2D eigenvalue weighted by Crippen LogP contribution is 2.38. The third-order valence-electron chi connectivity index (χ3n) is 5.82. The second-order valence-corrected chi connectivity index (χ2v) is 8.17. The first-order chi connectivity index (χ1) is 21.2. The molecular formula is C24H27N9O2. The third-order valence-corrected chi connectivity index (χ3v) is 5.82. The molecule has 1 saturated carbocycles. The van der Waals surface area contributed by atoms with Crippen LogP contribution in [-0.2, 0) is 9.53 Å². The molecular weight excluding hydrogens is 446 g/mol. The van der Waals surface area contributed by atoms with Gasteiger partial charge in [-0.3, -0.25) is 4.79 Å². The van der Waals surface area contributed by atoms with E-state index >= 15 is 0 Å². The van der Waals surface area contributed by atoms with Gasteiger partial charge in [0.05, 0.1) is 36.0 Å². The number of morpholine rings is 1. The van der Waals surface area contributed by atoms with Crippen LogP contribution in [0, 0.1) is 11.8 Å². The fourth-order valence-corrected chi connectivity index (χ4v) is 3.83. The summed E-state index contributed by atoms with van der Waals surface area (Å²) >= 11 is 0. The normalized spacial score (nSPS) is 30.5. The molecule has 4 aromatic heterocycles.